The fourth-order valence-corrected chi connectivity index (χ4v) is 2.75. The third-order valence-electron chi connectivity index (χ3n) is 3.49. The maximum absolute atomic E-state index is 11.1. The molecule has 0 amide bonds. The Labute approximate surface area is 141 Å². The Morgan fingerprint density at radius 2 is 1.78 bits per heavy atom. The lowest BCUT2D eigenvalue weighted by Gasteiger charge is -2.10. The maximum Gasteiger partial charge on any atom is 0.339 e. The third kappa shape index (κ3) is 3.29. The highest BCUT2D eigenvalue weighted by Gasteiger charge is 2.15. The molecule has 0 radical (unpaired) electrons. The zero-order valence-electron chi connectivity index (χ0n) is 12.0. The number of hydrogen-bond acceptors (Lipinski definition) is 3. The van der Waals surface area contributed by atoms with Gasteiger partial charge in [-0.15, -0.1) is 0 Å². The number of carboxylic acids is 1. The van der Waals surface area contributed by atoms with Gasteiger partial charge in [0.05, 0.1) is 4.47 Å². The molecule has 0 aliphatic carbocycles. The molecule has 0 atom stereocenters. The summed E-state index contributed by atoms with van der Waals surface area (Å²) in [6, 6.07) is 16.9. The number of aromatic carboxylic acids is 1. The highest BCUT2D eigenvalue weighted by atomic mass is 79.9. The molecule has 0 aromatic heterocycles. The van der Waals surface area contributed by atoms with Crippen molar-refractivity contribution >= 4 is 32.7 Å². The van der Waals surface area contributed by atoms with Crippen molar-refractivity contribution < 1.29 is 19.7 Å². The van der Waals surface area contributed by atoms with E-state index in [0.717, 1.165) is 16.3 Å². The van der Waals surface area contributed by atoms with E-state index in [4.69, 9.17) is 9.84 Å². The average Bonchev–Trinajstić information content (AvgIpc) is 2.55. The van der Waals surface area contributed by atoms with E-state index in [0.29, 0.717) is 12.4 Å². The molecule has 3 aromatic rings. The van der Waals surface area contributed by atoms with Gasteiger partial charge in [0.15, 0.2) is 0 Å². The Kier molecular flexibility index (Phi) is 4.21. The first-order valence-electron chi connectivity index (χ1n) is 6.91. The standard InChI is InChI=1S/C18H13BrO4/c19-16-9-14(8-15(17(16)20)18(21)22)23-10-11-5-6-12-3-1-2-4-13(12)7-11/h1-9,20H,10H2,(H,21,22). The second-order valence-electron chi connectivity index (χ2n) is 5.08. The van der Waals surface area contributed by atoms with Crippen molar-refractivity contribution in [3.05, 3.63) is 70.2 Å². The van der Waals surface area contributed by atoms with Crippen LogP contribution in [0.5, 0.6) is 11.5 Å². The van der Waals surface area contributed by atoms with Crippen molar-refractivity contribution in [1.82, 2.24) is 0 Å². The van der Waals surface area contributed by atoms with E-state index in [1.165, 1.54) is 6.07 Å². The number of benzene rings is 3. The van der Waals surface area contributed by atoms with Crippen molar-refractivity contribution in [3.63, 3.8) is 0 Å². The lowest BCUT2D eigenvalue weighted by Crippen LogP contribution is -2.00. The van der Waals surface area contributed by atoms with Crippen LogP contribution in [0.2, 0.25) is 0 Å². The molecule has 0 heterocycles. The van der Waals surface area contributed by atoms with Crippen LogP contribution in [0, 0.1) is 0 Å². The molecule has 0 fully saturated rings. The predicted octanol–water partition coefficient (Wildman–Crippen LogP) is 4.59. The van der Waals surface area contributed by atoms with Gasteiger partial charge >= 0.3 is 5.97 Å². The molecule has 0 saturated carbocycles. The normalized spacial score (nSPS) is 10.7. The van der Waals surface area contributed by atoms with Gasteiger partial charge in [-0.25, -0.2) is 4.79 Å². The minimum absolute atomic E-state index is 0.201. The van der Waals surface area contributed by atoms with E-state index in [1.807, 2.05) is 42.5 Å². The summed E-state index contributed by atoms with van der Waals surface area (Å²) in [5, 5.41) is 21.1. The minimum Gasteiger partial charge on any atom is -0.506 e. The molecule has 116 valence electrons. The van der Waals surface area contributed by atoms with Crippen LogP contribution in [0.15, 0.2) is 59.1 Å². The van der Waals surface area contributed by atoms with Crippen molar-refractivity contribution in [1.29, 1.82) is 0 Å². The van der Waals surface area contributed by atoms with Gasteiger partial charge in [0.1, 0.15) is 23.7 Å². The predicted molar refractivity (Wildman–Crippen MR) is 91.0 cm³/mol. The second-order valence-corrected chi connectivity index (χ2v) is 5.93. The fraction of sp³-hybridized carbons (Fsp3) is 0.0556. The number of halogens is 1. The molecule has 4 nitrogen and oxygen atoms in total. The molecule has 0 saturated heterocycles. The zero-order chi connectivity index (χ0) is 16.4. The topological polar surface area (TPSA) is 66.8 Å². The molecule has 23 heavy (non-hydrogen) atoms. The number of aromatic hydroxyl groups is 1. The number of ether oxygens (including phenoxy) is 1. The minimum atomic E-state index is -1.21. The zero-order valence-corrected chi connectivity index (χ0v) is 13.6. The molecule has 0 unspecified atom stereocenters. The van der Waals surface area contributed by atoms with E-state index in [2.05, 4.69) is 15.9 Å². The van der Waals surface area contributed by atoms with Crippen molar-refractivity contribution in [2.45, 2.75) is 6.61 Å². The van der Waals surface area contributed by atoms with Crippen LogP contribution in [0.3, 0.4) is 0 Å². The summed E-state index contributed by atoms with van der Waals surface area (Å²) in [7, 11) is 0. The van der Waals surface area contributed by atoms with Crippen LogP contribution in [-0.4, -0.2) is 16.2 Å². The van der Waals surface area contributed by atoms with Gasteiger partial charge in [0.25, 0.3) is 0 Å². The maximum atomic E-state index is 11.1. The number of carboxylic acid groups (broad SMARTS) is 1. The summed E-state index contributed by atoms with van der Waals surface area (Å²) in [5.74, 6) is -1.14. The van der Waals surface area contributed by atoms with E-state index in [-0.39, 0.29) is 15.8 Å². The molecular formula is C18H13BrO4. The largest absolute Gasteiger partial charge is 0.506 e. The van der Waals surface area contributed by atoms with Gasteiger partial charge < -0.3 is 14.9 Å². The number of fused-ring (bicyclic) bond motifs is 1. The van der Waals surface area contributed by atoms with E-state index in [9.17, 15) is 9.90 Å². The van der Waals surface area contributed by atoms with Crippen LogP contribution in [0.25, 0.3) is 10.8 Å². The Morgan fingerprint density at radius 1 is 1.04 bits per heavy atom. The van der Waals surface area contributed by atoms with Crippen LogP contribution >= 0.6 is 15.9 Å². The van der Waals surface area contributed by atoms with Gasteiger partial charge in [-0.2, -0.15) is 0 Å². The SMILES string of the molecule is O=C(O)c1cc(OCc2ccc3ccccc3c2)cc(Br)c1O. The molecule has 0 aliphatic heterocycles. The molecule has 2 N–H and O–H groups in total. The molecule has 0 bridgehead atoms. The van der Waals surface area contributed by atoms with E-state index in [1.54, 1.807) is 6.07 Å². The van der Waals surface area contributed by atoms with Gasteiger partial charge in [0, 0.05) is 0 Å². The molecule has 5 heteroatoms. The van der Waals surface area contributed by atoms with Crippen LogP contribution < -0.4 is 4.74 Å². The Hall–Kier alpha value is -2.53. The lowest BCUT2D eigenvalue weighted by atomic mass is 10.1. The molecule has 3 aromatic carbocycles. The van der Waals surface area contributed by atoms with Crippen molar-refractivity contribution in [2.24, 2.45) is 0 Å². The molecular weight excluding hydrogens is 360 g/mol. The first-order valence-corrected chi connectivity index (χ1v) is 7.70. The molecule has 0 spiro atoms. The second kappa shape index (κ2) is 6.30. The number of hydrogen-bond donors (Lipinski definition) is 2. The summed E-state index contributed by atoms with van der Waals surface area (Å²) >= 11 is 3.13. The first kappa shape index (κ1) is 15.4. The number of carbonyl (C=O) groups is 1. The van der Waals surface area contributed by atoms with Crippen LogP contribution in [0.4, 0.5) is 0 Å². The Morgan fingerprint density at radius 3 is 2.52 bits per heavy atom. The average molecular weight is 373 g/mol. The van der Waals surface area contributed by atoms with Crippen molar-refractivity contribution in [2.75, 3.05) is 0 Å². The first-order chi connectivity index (χ1) is 11.0. The molecule has 3 rings (SSSR count). The summed E-state index contributed by atoms with van der Waals surface area (Å²) in [6.45, 7) is 0.307. The van der Waals surface area contributed by atoms with Crippen LogP contribution in [-0.2, 0) is 6.61 Å². The summed E-state index contributed by atoms with van der Waals surface area (Å²) in [6.07, 6.45) is 0. The highest BCUT2D eigenvalue weighted by molar-refractivity contribution is 9.10. The van der Waals surface area contributed by atoms with Gasteiger partial charge in [-0.1, -0.05) is 36.4 Å². The Bertz CT molecular complexity index is 889. The van der Waals surface area contributed by atoms with Gasteiger partial charge in [-0.3, -0.25) is 0 Å². The smallest absolute Gasteiger partial charge is 0.339 e. The quantitative estimate of drug-likeness (QED) is 0.702. The van der Waals surface area contributed by atoms with Crippen LogP contribution in [0.1, 0.15) is 15.9 Å². The molecule has 0 aliphatic rings. The number of rotatable bonds is 4. The van der Waals surface area contributed by atoms with Gasteiger partial charge in [0.2, 0.25) is 0 Å². The third-order valence-corrected chi connectivity index (χ3v) is 4.09. The lowest BCUT2D eigenvalue weighted by molar-refractivity contribution is 0.0693. The summed E-state index contributed by atoms with van der Waals surface area (Å²) in [5.41, 5.74) is 0.776. The Balaban J connectivity index is 1.83. The monoisotopic (exact) mass is 372 g/mol. The highest BCUT2D eigenvalue weighted by Crippen LogP contribution is 2.33. The summed E-state index contributed by atoms with van der Waals surface area (Å²) < 4.78 is 5.95. The fourth-order valence-electron chi connectivity index (χ4n) is 2.32. The number of phenols is 1. The van der Waals surface area contributed by atoms with Crippen molar-refractivity contribution in [3.8, 4) is 11.5 Å². The van der Waals surface area contributed by atoms with Gasteiger partial charge in [-0.05, 0) is 50.5 Å². The van der Waals surface area contributed by atoms with E-state index >= 15 is 0 Å². The summed E-state index contributed by atoms with van der Waals surface area (Å²) in [4.78, 5) is 11.1. The van der Waals surface area contributed by atoms with E-state index < -0.39 is 5.97 Å².